The maximum atomic E-state index is 12.4. The van der Waals surface area contributed by atoms with E-state index < -0.39 is 0 Å². The second kappa shape index (κ2) is 7.15. The van der Waals surface area contributed by atoms with Crippen LogP contribution in [0.4, 0.5) is 0 Å². The highest BCUT2D eigenvalue weighted by molar-refractivity contribution is 5.77. The van der Waals surface area contributed by atoms with Gasteiger partial charge in [-0.15, -0.1) is 0 Å². The third-order valence-electron chi connectivity index (χ3n) is 9.48. The molecule has 0 N–H and O–H groups in total. The lowest BCUT2D eigenvalue weighted by Crippen LogP contribution is -2.62. The van der Waals surface area contributed by atoms with E-state index in [2.05, 4.69) is 52.6 Å². The second-order valence-corrected chi connectivity index (χ2v) is 11.4. The minimum atomic E-state index is 0.308. The van der Waals surface area contributed by atoms with E-state index in [9.17, 15) is 4.79 Å². The van der Waals surface area contributed by atoms with Crippen molar-refractivity contribution in [1.82, 2.24) is 4.90 Å². The van der Waals surface area contributed by atoms with E-state index >= 15 is 0 Å². The Kier molecular flexibility index (Phi) is 5.22. The summed E-state index contributed by atoms with van der Waals surface area (Å²) in [5.74, 6) is 3.43. The Morgan fingerprint density at radius 3 is 2.68 bits per heavy atom. The molecule has 0 aromatic heterocycles. The molecular formula is C25H41NO2. The molecule has 0 bridgehead atoms. The molecule has 3 aliphatic carbocycles. The summed E-state index contributed by atoms with van der Waals surface area (Å²) >= 11 is 0. The first-order valence-corrected chi connectivity index (χ1v) is 11.7. The maximum absolute atomic E-state index is 12.4. The van der Waals surface area contributed by atoms with E-state index in [1.165, 1.54) is 37.7 Å². The van der Waals surface area contributed by atoms with E-state index in [-0.39, 0.29) is 0 Å². The molecule has 28 heavy (non-hydrogen) atoms. The maximum Gasteiger partial charge on any atom is 0.222 e. The highest BCUT2D eigenvalue weighted by atomic mass is 16.5. The number of hydrogen-bond donors (Lipinski definition) is 0. The van der Waals surface area contributed by atoms with Gasteiger partial charge in [0.1, 0.15) is 0 Å². The molecule has 0 aromatic carbocycles. The zero-order valence-electron chi connectivity index (χ0n) is 19.0. The monoisotopic (exact) mass is 387 g/mol. The van der Waals surface area contributed by atoms with Crippen molar-refractivity contribution >= 4 is 5.91 Å². The fraction of sp³-hybridized carbons (Fsp3) is 0.880. The molecule has 8 atom stereocenters. The first-order chi connectivity index (χ1) is 13.2. The van der Waals surface area contributed by atoms with Crippen LogP contribution in [-0.2, 0) is 9.53 Å². The molecule has 3 nitrogen and oxygen atoms in total. The third-order valence-corrected chi connectivity index (χ3v) is 9.48. The number of piperidine rings is 1. The number of rotatable bonds is 3. The standard InChI is InChI=1S/C25H41NO2/c1-16(2)9-12-28-18-14-20-23-17(3)13-21-25(5,11-8-22(27)26(21)6)19(23)7-10-24(20,4)15-18/h9,17-21,23H,7-8,10-15H2,1-6H3/t17-,18-,19-,20-,21+,23?,24+,25+/m0/s1. The van der Waals surface area contributed by atoms with Crippen molar-refractivity contribution in [2.24, 2.45) is 34.5 Å². The lowest BCUT2D eigenvalue weighted by Gasteiger charge is -2.63. The van der Waals surface area contributed by atoms with Gasteiger partial charge in [-0.25, -0.2) is 0 Å². The molecule has 0 spiro atoms. The van der Waals surface area contributed by atoms with Gasteiger partial charge in [0, 0.05) is 19.5 Å². The lowest BCUT2D eigenvalue weighted by molar-refractivity contribution is -0.164. The molecule has 4 aliphatic rings. The minimum Gasteiger partial charge on any atom is -0.374 e. The van der Waals surface area contributed by atoms with Crippen molar-refractivity contribution in [3.63, 3.8) is 0 Å². The Balaban J connectivity index is 1.55. The fourth-order valence-electron chi connectivity index (χ4n) is 7.93. The first kappa shape index (κ1) is 20.4. The molecule has 1 heterocycles. The molecule has 3 heteroatoms. The molecule has 3 saturated carbocycles. The topological polar surface area (TPSA) is 29.5 Å². The normalized spacial score (nSPS) is 47.9. The number of amides is 1. The summed E-state index contributed by atoms with van der Waals surface area (Å²) in [6.07, 6.45) is 10.9. The smallest absolute Gasteiger partial charge is 0.222 e. The zero-order valence-corrected chi connectivity index (χ0v) is 19.0. The van der Waals surface area contributed by atoms with Gasteiger partial charge >= 0.3 is 0 Å². The molecular weight excluding hydrogens is 346 g/mol. The van der Waals surface area contributed by atoms with Crippen LogP contribution in [-0.4, -0.2) is 36.6 Å². The van der Waals surface area contributed by atoms with Gasteiger partial charge in [0.2, 0.25) is 5.91 Å². The zero-order chi connectivity index (χ0) is 20.3. The number of allylic oxidation sites excluding steroid dienone is 1. The van der Waals surface area contributed by atoms with E-state index in [0.29, 0.717) is 34.8 Å². The third kappa shape index (κ3) is 3.16. The van der Waals surface area contributed by atoms with Crippen molar-refractivity contribution in [3.8, 4) is 0 Å². The molecule has 0 radical (unpaired) electrons. The summed E-state index contributed by atoms with van der Waals surface area (Å²) in [4.78, 5) is 14.5. The predicted molar refractivity (Wildman–Crippen MR) is 114 cm³/mol. The fourth-order valence-corrected chi connectivity index (χ4v) is 7.93. The van der Waals surface area contributed by atoms with Crippen molar-refractivity contribution in [2.45, 2.75) is 91.7 Å². The molecule has 1 unspecified atom stereocenters. The van der Waals surface area contributed by atoms with Gasteiger partial charge in [-0.3, -0.25) is 4.79 Å². The van der Waals surface area contributed by atoms with Crippen LogP contribution in [0.2, 0.25) is 0 Å². The largest absolute Gasteiger partial charge is 0.374 e. The summed E-state index contributed by atoms with van der Waals surface area (Å²) < 4.78 is 6.32. The molecule has 4 rings (SSSR count). The number of likely N-dealkylation sites (tertiary alicyclic amines) is 1. The number of fused-ring (bicyclic) bond motifs is 5. The van der Waals surface area contributed by atoms with E-state index in [4.69, 9.17) is 4.74 Å². The van der Waals surface area contributed by atoms with Crippen molar-refractivity contribution in [2.75, 3.05) is 13.7 Å². The van der Waals surface area contributed by atoms with Crippen LogP contribution in [0.25, 0.3) is 0 Å². The second-order valence-electron chi connectivity index (χ2n) is 11.4. The summed E-state index contributed by atoms with van der Waals surface area (Å²) in [5.41, 5.74) is 2.10. The molecule has 1 saturated heterocycles. The van der Waals surface area contributed by atoms with Crippen LogP contribution in [0.1, 0.15) is 79.6 Å². The van der Waals surface area contributed by atoms with E-state index in [0.717, 1.165) is 37.2 Å². The summed E-state index contributed by atoms with van der Waals surface area (Å²) in [6, 6.07) is 0.445. The Hall–Kier alpha value is -0.830. The number of nitrogens with zero attached hydrogens (tertiary/aromatic N) is 1. The van der Waals surface area contributed by atoms with Gasteiger partial charge in [-0.05, 0) is 86.9 Å². The highest BCUT2D eigenvalue weighted by Crippen LogP contribution is 2.66. The van der Waals surface area contributed by atoms with Crippen molar-refractivity contribution in [1.29, 1.82) is 0 Å². The average Bonchev–Trinajstić information content (AvgIpc) is 2.96. The molecule has 1 aliphatic heterocycles. The van der Waals surface area contributed by atoms with Gasteiger partial charge in [0.25, 0.3) is 0 Å². The summed E-state index contributed by atoms with van der Waals surface area (Å²) in [7, 11) is 2.06. The van der Waals surface area contributed by atoms with Gasteiger partial charge in [-0.1, -0.05) is 32.4 Å². The van der Waals surface area contributed by atoms with Gasteiger partial charge in [-0.2, -0.15) is 0 Å². The summed E-state index contributed by atoms with van der Waals surface area (Å²) in [6.45, 7) is 12.6. The Morgan fingerprint density at radius 1 is 1.21 bits per heavy atom. The van der Waals surface area contributed by atoms with Gasteiger partial charge in [0.05, 0.1) is 12.7 Å². The number of hydrogen-bond acceptors (Lipinski definition) is 2. The first-order valence-electron chi connectivity index (χ1n) is 11.7. The lowest BCUT2D eigenvalue weighted by atomic mass is 9.45. The van der Waals surface area contributed by atoms with Gasteiger partial charge < -0.3 is 9.64 Å². The van der Waals surface area contributed by atoms with Crippen molar-refractivity contribution in [3.05, 3.63) is 11.6 Å². The SMILES string of the molecule is CC(C)=CCO[C@H]1C[C@H]2C3[C@@H](C)C[C@H]4N(C)C(=O)CC[C@]4(C)[C@H]3CC[C@]2(C)C1. The predicted octanol–water partition coefficient (Wildman–Crippen LogP) is 5.45. The number of carbonyl (C=O) groups is 1. The Bertz CT molecular complexity index is 653. The van der Waals surface area contributed by atoms with Crippen LogP contribution < -0.4 is 0 Å². The van der Waals surface area contributed by atoms with Crippen LogP contribution >= 0.6 is 0 Å². The van der Waals surface area contributed by atoms with E-state index in [1.54, 1.807) is 0 Å². The number of ether oxygens (including phenoxy) is 1. The van der Waals surface area contributed by atoms with Gasteiger partial charge in [0.15, 0.2) is 0 Å². The molecule has 158 valence electrons. The quantitative estimate of drug-likeness (QED) is 0.603. The van der Waals surface area contributed by atoms with Crippen LogP contribution in [0, 0.1) is 34.5 Å². The summed E-state index contributed by atoms with van der Waals surface area (Å²) in [5, 5.41) is 0. The molecule has 1 amide bonds. The average molecular weight is 388 g/mol. The van der Waals surface area contributed by atoms with Crippen LogP contribution in [0.3, 0.4) is 0 Å². The Morgan fingerprint density at radius 2 is 1.96 bits per heavy atom. The van der Waals surface area contributed by atoms with E-state index in [1.807, 2.05) is 0 Å². The molecule has 4 fully saturated rings. The van der Waals surface area contributed by atoms with Crippen molar-refractivity contribution < 1.29 is 9.53 Å². The van der Waals surface area contributed by atoms with Crippen LogP contribution in [0.5, 0.6) is 0 Å². The number of carbonyl (C=O) groups excluding carboxylic acids is 1. The van der Waals surface area contributed by atoms with Crippen LogP contribution in [0.15, 0.2) is 11.6 Å². The highest BCUT2D eigenvalue weighted by Gasteiger charge is 2.62. The Labute approximate surface area is 172 Å². The molecule has 0 aromatic rings. The minimum absolute atomic E-state index is 0.308.